The normalized spacial score (nSPS) is 15.6. The number of thioether (sulfide) groups is 1. The molecule has 4 aromatic rings. The molecular weight excluding hydrogens is 706 g/mol. The molecule has 47 heavy (non-hydrogen) atoms. The van der Waals surface area contributed by atoms with Gasteiger partial charge in [0.15, 0.2) is 11.8 Å². The number of halogens is 1. The molecule has 11 nitrogen and oxygen atoms in total. The number of sulfonamides is 1. The topological polar surface area (TPSA) is 157 Å². The van der Waals surface area contributed by atoms with Gasteiger partial charge < -0.3 is 14.5 Å². The van der Waals surface area contributed by atoms with E-state index in [1.807, 2.05) is 43.3 Å². The zero-order chi connectivity index (χ0) is 33.4. The maximum atomic E-state index is 13.6. The molecule has 2 amide bonds. The van der Waals surface area contributed by atoms with Crippen LogP contribution in [0.3, 0.4) is 0 Å². The summed E-state index contributed by atoms with van der Waals surface area (Å²) in [6.45, 7) is 1.72. The molecular formula is C33H28BrN5O6S2. The molecule has 1 saturated heterocycles. The average Bonchev–Trinajstić information content (AvgIpc) is 3.65. The van der Waals surface area contributed by atoms with Crippen molar-refractivity contribution in [2.24, 2.45) is 15.3 Å². The van der Waals surface area contributed by atoms with Crippen LogP contribution in [0.1, 0.15) is 23.8 Å². The largest absolute Gasteiger partial charge is 0.483 e. The summed E-state index contributed by atoms with van der Waals surface area (Å²) in [5.41, 5.74) is 2.82. The molecule has 2 heterocycles. The van der Waals surface area contributed by atoms with Crippen molar-refractivity contribution in [3.05, 3.63) is 123 Å². The zero-order valence-electron chi connectivity index (χ0n) is 24.9. The Kier molecular flexibility index (Phi) is 10.9. The first-order valence-electron chi connectivity index (χ1n) is 14.0. The summed E-state index contributed by atoms with van der Waals surface area (Å²) in [6.07, 6.45) is 6.80. The van der Waals surface area contributed by atoms with Crippen molar-refractivity contribution < 1.29 is 27.2 Å². The molecule has 1 aliphatic heterocycles. The number of hydrogen-bond donors (Lipinski definition) is 2. The van der Waals surface area contributed by atoms with E-state index in [-0.39, 0.29) is 24.0 Å². The van der Waals surface area contributed by atoms with Gasteiger partial charge in [-0.15, -0.1) is 5.10 Å². The second kappa shape index (κ2) is 15.2. The summed E-state index contributed by atoms with van der Waals surface area (Å²) in [5, 5.41) is 16.7. The minimum Gasteiger partial charge on any atom is -0.483 e. The Morgan fingerprint density at radius 2 is 1.85 bits per heavy atom. The smallest absolute Gasteiger partial charge is 0.267 e. The van der Waals surface area contributed by atoms with Crippen molar-refractivity contribution in [1.29, 1.82) is 0 Å². The highest BCUT2D eigenvalue weighted by molar-refractivity contribution is 9.10. The van der Waals surface area contributed by atoms with Gasteiger partial charge in [0.05, 0.1) is 28.8 Å². The molecule has 0 spiro atoms. The van der Waals surface area contributed by atoms with E-state index in [0.717, 1.165) is 27.4 Å². The van der Waals surface area contributed by atoms with Gasteiger partial charge in [-0.25, -0.2) is 13.6 Å². The Morgan fingerprint density at radius 3 is 2.55 bits per heavy atom. The fraction of sp³-hybridized carbons (Fsp3) is 0.0909. The number of hydrogen-bond acceptors (Lipinski definition) is 9. The maximum absolute atomic E-state index is 13.6. The molecule has 240 valence electrons. The number of carbonyl (C=O) groups is 2. The number of anilines is 1. The highest BCUT2D eigenvalue weighted by atomic mass is 79.9. The Labute approximate surface area is 284 Å². The van der Waals surface area contributed by atoms with Gasteiger partial charge in [0.1, 0.15) is 11.5 Å². The Bertz CT molecular complexity index is 1990. The lowest BCUT2D eigenvalue weighted by Gasteiger charge is -2.13. The van der Waals surface area contributed by atoms with Crippen LogP contribution in [0.15, 0.2) is 126 Å². The molecule has 0 unspecified atom stereocenters. The highest BCUT2D eigenvalue weighted by Crippen LogP contribution is 2.36. The molecule has 0 aliphatic carbocycles. The van der Waals surface area contributed by atoms with Crippen molar-refractivity contribution in [1.82, 2.24) is 4.90 Å². The lowest BCUT2D eigenvalue weighted by Crippen LogP contribution is -2.28. The lowest BCUT2D eigenvalue weighted by molar-refractivity contribution is -0.122. The highest BCUT2D eigenvalue weighted by Gasteiger charge is 2.34. The van der Waals surface area contributed by atoms with E-state index in [0.29, 0.717) is 32.8 Å². The predicted molar refractivity (Wildman–Crippen MR) is 187 cm³/mol. The molecule has 1 aliphatic rings. The second-order valence-corrected chi connectivity index (χ2v) is 13.6. The fourth-order valence-electron chi connectivity index (χ4n) is 4.27. The number of carbonyl (C=O) groups excluding carboxylic acids is 2. The van der Waals surface area contributed by atoms with E-state index < -0.39 is 15.9 Å². The van der Waals surface area contributed by atoms with Crippen LogP contribution >= 0.6 is 27.7 Å². The fourth-order valence-corrected chi connectivity index (χ4v) is 6.09. The van der Waals surface area contributed by atoms with Gasteiger partial charge in [-0.1, -0.05) is 52.3 Å². The summed E-state index contributed by atoms with van der Waals surface area (Å²) in [4.78, 5) is 28.0. The summed E-state index contributed by atoms with van der Waals surface area (Å²) in [7, 11) is -3.85. The summed E-state index contributed by atoms with van der Waals surface area (Å²) < 4.78 is 35.0. The maximum Gasteiger partial charge on any atom is 0.267 e. The molecule has 0 atom stereocenters. The molecule has 0 radical (unpaired) electrons. The van der Waals surface area contributed by atoms with Crippen LogP contribution in [0, 0.1) is 0 Å². The zero-order valence-corrected chi connectivity index (χ0v) is 28.1. The number of nitrogens with zero attached hydrogens (tertiary/aromatic N) is 3. The Balaban J connectivity index is 1.33. The second-order valence-electron chi connectivity index (χ2n) is 10.1. The first kappa shape index (κ1) is 33.6. The van der Waals surface area contributed by atoms with Crippen LogP contribution in [0.25, 0.3) is 12.2 Å². The van der Waals surface area contributed by atoms with Crippen LogP contribution in [0.2, 0.25) is 0 Å². The lowest BCUT2D eigenvalue weighted by atomic mass is 10.1. The molecule has 5 rings (SSSR count). The number of nitrogens with one attached hydrogen (secondary N) is 1. The first-order chi connectivity index (χ1) is 22.5. The summed E-state index contributed by atoms with van der Waals surface area (Å²) >= 11 is 4.61. The number of primary sulfonamides is 1. The quantitative estimate of drug-likeness (QED) is 0.105. The molecule has 0 saturated carbocycles. The Hall–Kier alpha value is -4.76. The van der Waals surface area contributed by atoms with Gasteiger partial charge in [0.25, 0.3) is 11.8 Å². The van der Waals surface area contributed by atoms with Gasteiger partial charge >= 0.3 is 0 Å². The van der Waals surface area contributed by atoms with Crippen LogP contribution in [0.4, 0.5) is 5.69 Å². The van der Waals surface area contributed by atoms with Gasteiger partial charge in [0.2, 0.25) is 10.0 Å². The van der Waals surface area contributed by atoms with E-state index in [4.69, 9.17) is 14.3 Å². The van der Waals surface area contributed by atoms with E-state index in [1.54, 1.807) is 42.6 Å². The van der Waals surface area contributed by atoms with Crippen molar-refractivity contribution in [3.63, 3.8) is 0 Å². The number of rotatable bonds is 11. The summed E-state index contributed by atoms with van der Waals surface area (Å²) in [6, 6.07) is 24.0. The third-order valence-electron chi connectivity index (χ3n) is 6.46. The average molecular weight is 735 g/mol. The SMILES string of the molecule is CC(/C=N/N=C1\S/C(=C\c2cc(Br)ccc2OCC(=O)Nc2ccc(S(N)(=O)=O)cc2)C(=O)N1Cc1ccco1)=C\c1ccccc1. The third-order valence-corrected chi connectivity index (χ3v) is 8.88. The van der Waals surface area contributed by atoms with Crippen molar-refractivity contribution >= 4 is 78.8 Å². The predicted octanol–water partition coefficient (Wildman–Crippen LogP) is 6.27. The van der Waals surface area contributed by atoms with Crippen LogP contribution in [0.5, 0.6) is 5.75 Å². The molecule has 3 aromatic carbocycles. The number of ether oxygens (including phenoxy) is 1. The molecule has 0 bridgehead atoms. The van der Waals surface area contributed by atoms with Gasteiger partial charge in [0, 0.05) is 15.7 Å². The van der Waals surface area contributed by atoms with E-state index in [1.165, 1.54) is 35.4 Å². The van der Waals surface area contributed by atoms with E-state index in [2.05, 4.69) is 31.4 Å². The number of furan rings is 1. The van der Waals surface area contributed by atoms with Crippen LogP contribution in [-0.2, 0) is 26.2 Å². The molecule has 14 heteroatoms. The van der Waals surface area contributed by atoms with Crippen molar-refractivity contribution in [3.8, 4) is 5.75 Å². The number of amides is 2. The van der Waals surface area contributed by atoms with Gasteiger partial charge in [-0.3, -0.25) is 14.5 Å². The van der Waals surface area contributed by atoms with Crippen molar-refractivity contribution in [2.45, 2.75) is 18.4 Å². The van der Waals surface area contributed by atoms with E-state index in [9.17, 15) is 18.0 Å². The molecule has 1 aromatic heterocycles. The molecule has 3 N–H and O–H groups in total. The van der Waals surface area contributed by atoms with Crippen molar-refractivity contribution in [2.75, 3.05) is 11.9 Å². The number of benzene rings is 3. The monoisotopic (exact) mass is 733 g/mol. The third kappa shape index (κ3) is 9.39. The standard InChI is InChI=1S/C33H28BrN5O6S2/c1-22(16-23-6-3-2-4-7-23)19-36-38-33-39(20-27-8-5-15-44-27)32(41)30(46-33)18-24-17-25(34)9-14-29(24)45-21-31(40)37-26-10-12-28(13-11-26)47(35,42)43/h2-19H,20-21H2,1H3,(H,37,40)(H2,35,42,43)/b22-16+,30-18-,36-19+,38-33-. The Morgan fingerprint density at radius 1 is 1.09 bits per heavy atom. The van der Waals surface area contributed by atoms with Crippen LogP contribution in [-0.4, -0.2) is 43.1 Å². The number of allylic oxidation sites excluding steroid dienone is 1. The van der Waals surface area contributed by atoms with E-state index >= 15 is 0 Å². The summed E-state index contributed by atoms with van der Waals surface area (Å²) in [5.74, 6) is 0.156. The minimum absolute atomic E-state index is 0.0728. The van der Waals surface area contributed by atoms with Gasteiger partial charge in [-0.05, 0) is 90.5 Å². The minimum atomic E-state index is -3.85. The number of nitrogens with two attached hydrogens (primary N) is 1. The number of amidine groups is 1. The van der Waals surface area contributed by atoms with Crippen LogP contribution < -0.4 is 15.2 Å². The first-order valence-corrected chi connectivity index (χ1v) is 17.1. The molecule has 1 fully saturated rings. The van der Waals surface area contributed by atoms with Gasteiger partial charge in [-0.2, -0.15) is 5.10 Å².